The Labute approximate surface area is 108 Å². The summed E-state index contributed by atoms with van der Waals surface area (Å²) in [5.41, 5.74) is 0. The number of carbonyl (C=O) groups excluding carboxylic acids is 2. The molecule has 1 unspecified atom stereocenters. The van der Waals surface area contributed by atoms with Crippen LogP contribution in [0.3, 0.4) is 0 Å². The number of quaternary nitrogens is 1. The number of hydrogen-bond acceptors (Lipinski definition) is 5. The smallest absolute Gasteiger partial charge is 0.308 e. The van der Waals surface area contributed by atoms with Crippen molar-refractivity contribution in [2.75, 3.05) is 27.7 Å². The third-order valence-electron chi connectivity index (χ3n) is 2.32. The van der Waals surface area contributed by atoms with Crippen LogP contribution in [-0.2, 0) is 14.3 Å². The number of hydrogen-bond donors (Lipinski definition) is 1. The van der Waals surface area contributed by atoms with Gasteiger partial charge in [0.15, 0.2) is 6.10 Å². The summed E-state index contributed by atoms with van der Waals surface area (Å²) in [6.45, 7) is 2.13. The first-order valence-corrected chi connectivity index (χ1v) is 6.02. The molecule has 0 spiro atoms. The normalized spacial score (nSPS) is 14.9. The number of carbonyl (C=O) groups is 2. The fourth-order valence-electron chi connectivity index (χ4n) is 1.51. The summed E-state index contributed by atoms with van der Waals surface area (Å²) in [4.78, 5) is 22.1. The van der Waals surface area contributed by atoms with Crippen molar-refractivity contribution in [3.8, 4) is 0 Å². The zero-order valence-electron chi connectivity index (χ0n) is 11.5. The molecule has 0 radical (unpaired) electrons. The Morgan fingerprint density at radius 3 is 2.22 bits per heavy atom. The molecule has 18 heavy (non-hydrogen) atoms. The molecule has 0 rings (SSSR count). The highest BCUT2D eigenvalue weighted by molar-refractivity contribution is 5.71. The zero-order valence-corrected chi connectivity index (χ0v) is 11.5. The predicted octanol–water partition coefficient (Wildman–Crippen LogP) is -1.09. The number of carboxylic acids is 1. The minimum absolute atomic E-state index is 0.114. The van der Waals surface area contributed by atoms with Gasteiger partial charge in [-0.2, -0.15) is 0 Å². The van der Waals surface area contributed by atoms with Crippen molar-refractivity contribution in [2.24, 2.45) is 0 Å². The first kappa shape index (κ1) is 16.9. The highest BCUT2D eigenvalue weighted by Crippen LogP contribution is 2.07. The fourth-order valence-corrected chi connectivity index (χ4v) is 1.51. The van der Waals surface area contributed by atoms with Crippen molar-refractivity contribution in [2.45, 2.75) is 38.4 Å². The summed E-state index contributed by atoms with van der Waals surface area (Å²) < 4.78 is 5.55. The molecular formula is C12H23NO5. The lowest BCUT2D eigenvalue weighted by atomic mass is 10.2. The second kappa shape index (κ2) is 7.33. The topological polar surface area (TPSA) is 86.7 Å². The van der Waals surface area contributed by atoms with Gasteiger partial charge in [0.1, 0.15) is 6.54 Å². The van der Waals surface area contributed by atoms with E-state index in [1.165, 1.54) is 0 Å². The van der Waals surface area contributed by atoms with Crippen LogP contribution in [0.25, 0.3) is 0 Å². The molecular weight excluding hydrogens is 238 g/mol. The number of aliphatic hydroxyl groups excluding tert-OH is 1. The third-order valence-corrected chi connectivity index (χ3v) is 2.32. The average Bonchev–Trinajstić information content (AvgIpc) is 2.12. The molecule has 0 saturated carbocycles. The van der Waals surface area contributed by atoms with Crippen LogP contribution < -0.4 is 5.11 Å². The largest absolute Gasteiger partial charge is 0.550 e. The molecule has 0 aliphatic carbocycles. The number of aliphatic hydroxyl groups is 1. The Morgan fingerprint density at radius 2 is 1.83 bits per heavy atom. The van der Waals surface area contributed by atoms with Crippen molar-refractivity contribution < 1.29 is 29.0 Å². The van der Waals surface area contributed by atoms with Crippen LogP contribution in [-0.4, -0.2) is 61.4 Å². The molecule has 1 N–H and O–H groups in total. The maximum atomic E-state index is 11.5. The van der Waals surface area contributed by atoms with E-state index in [9.17, 15) is 19.8 Å². The van der Waals surface area contributed by atoms with Crippen LogP contribution in [0.2, 0.25) is 0 Å². The molecule has 0 saturated heterocycles. The van der Waals surface area contributed by atoms with E-state index in [4.69, 9.17) is 4.74 Å². The first-order chi connectivity index (χ1) is 8.14. The summed E-state index contributed by atoms with van der Waals surface area (Å²) in [7, 11) is 5.62. The summed E-state index contributed by atoms with van der Waals surface area (Å²) in [6.07, 6.45) is -1.47. The Balaban J connectivity index is 4.40. The molecule has 0 aromatic heterocycles. The second-order valence-electron chi connectivity index (χ2n) is 5.43. The highest BCUT2D eigenvalue weighted by atomic mass is 16.5. The number of rotatable bonds is 8. The van der Waals surface area contributed by atoms with Crippen LogP contribution >= 0.6 is 0 Å². The number of carboxylic acid groups (broad SMARTS) is 1. The summed E-state index contributed by atoms with van der Waals surface area (Å²) in [6, 6.07) is 0. The lowest BCUT2D eigenvalue weighted by molar-refractivity contribution is -0.873. The molecule has 0 aliphatic rings. The van der Waals surface area contributed by atoms with Crippen LogP contribution in [0, 0.1) is 0 Å². The summed E-state index contributed by atoms with van der Waals surface area (Å²) in [5, 5.41) is 19.9. The maximum absolute atomic E-state index is 11.5. The molecule has 0 heterocycles. The molecule has 2 atom stereocenters. The minimum atomic E-state index is -1.25. The Hall–Kier alpha value is -1.14. The van der Waals surface area contributed by atoms with Gasteiger partial charge in [-0.15, -0.1) is 0 Å². The standard InChI is InChI=1S/C12H23NO5/c1-5-9(14)6-12(17)18-10(7-11(15)16)8-13(2,3)4/h9-10,14H,5-8H2,1-4H3/t9?,10-/m1/s1. The predicted molar refractivity (Wildman–Crippen MR) is 63.3 cm³/mol. The molecule has 0 aliphatic heterocycles. The van der Waals surface area contributed by atoms with Crippen molar-refractivity contribution in [3.63, 3.8) is 0 Å². The second-order valence-corrected chi connectivity index (χ2v) is 5.43. The number of nitrogens with zero attached hydrogens (tertiary/aromatic N) is 1. The van der Waals surface area contributed by atoms with Crippen molar-refractivity contribution in [3.05, 3.63) is 0 Å². The third kappa shape index (κ3) is 8.95. The highest BCUT2D eigenvalue weighted by Gasteiger charge is 2.23. The van der Waals surface area contributed by atoms with E-state index in [1.54, 1.807) is 6.92 Å². The van der Waals surface area contributed by atoms with E-state index >= 15 is 0 Å². The van der Waals surface area contributed by atoms with Gasteiger partial charge in [-0.05, 0) is 6.42 Å². The van der Waals surface area contributed by atoms with E-state index < -0.39 is 24.1 Å². The van der Waals surface area contributed by atoms with Gasteiger partial charge in [-0.25, -0.2) is 0 Å². The summed E-state index contributed by atoms with van der Waals surface area (Å²) in [5.74, 6) is -1.83. The molecule has 0 fully saturated rings. The van der Waals surface area contributed by atoms with Crippen LogP contribution in [0.5, 0.6) is 0 Å². The van der Waals surface area contributed by atoms with E-state index in [-0.39, 0.29) is 12.8 Å². The average molecular weight is 261 g/mol. The van der Waals surface area contributed by atoms with Gasteiger partial charge in [0.05, 0.1) is 33.7 Å². The molecule has 0 amide bonds. The number of likely N-dealkylation sites (N-methyl/N-ethyl adjacent to an activating group) is 1. The van der Waals surface area contributed by atoms with Gasteiger partial charge in [0, 0.05) is 12.4 Å². The number of esters is 1. The molecule has 106 valence electrons. The molecule has 0 aromatic carbocycles. The van der Waals surface area contributed by atoms with E-state index in [0.29, 0.717) is 17.4 Å². The lowest BCUT2D eigenvalue weighted by Crippen LogP contribution is -2.45. The Morgan fingerprint density at radius 1 is 1.28 bits per heavy atom. The fraction of sp³-hybridized carbons (Fsp3) is 0.833. The Kier molecular flexibility index (Phi) is 6.86. The van der Waals surface area contributed by atoms with Gasteiger partial charge in [-0.3, -0.25) is 4.79 Å². The number of aliphatic carboxylic acids is 1. The SMILES string of the molecule is CCC(O)CC(=O)O[C@H](CC(=O)[O-])C[N+](C)(C)C. The van der Waals surface area contributed by atoms with Crippen LogP contribution in [0.4, 0.5) is 0 Å². The van der Waals surface area contributed by atoms with E-state index in [1.807, 2.05) is 21.1 Å². The molecule has 0 aromatic rings. The Bertz CT molecular complexity index is 285. The van der Waals surface area contributed by atoms with Gasteiger partial charge in [-0.1, -0.05) is 6.92 Å². The van der Waals surface area contributed by atoms with Gasteiger partial charge >= 0.3 is 5.97 Å². The quantitative estimate of drug-likeness (QED) is 0.443. The van der Waals surface area contributed by atoms with Gasteiger partial charge < -0.3 is 24.2 Å². The zero-order chi connectivity index (χ0) is 14.3. The monoisotopic (exact) mass is 261 g/mol. The molecule has 6 nitrogen and oxygen atoms in total. The van der Waals surface area contributed by atoms with Crippen molar-refractivity contribution >= 4 is 11.9 Å². The van der Waals surface area contributed by atoms with E-state index in [0.717, 1.165) is 0 Å². The lowest BCUT2D eigenvalue weighted by Gasteiger charge is -2.29. The molecule has 6 heteroatoms. The van der Waals surface area contributed by atoms with Crippen LogP contribution in [0.15, 0.2) is 0 Å². The van der Waals surface area contributed by atoms with Gasteiger partial charge in [0.2, 0.25) is 0 Å². The number of ether oxygens (including phenoxy) is 1. The van der Waals surface area contributed by atoms with Gasteiger partial charge in [0.25, 0.3) is 0 Å². The van der Waals surface area contributed by atoms with Crippen LogP contribution in [0.1, 0.15) is 26.2 Å². The first-order valence-electron chi connectivity index (χ1n) is 6.02. The van der Waals surface area contributed by atoms with E-state index in [2.05, 4.69) is 0 Å². The molecule has 0 bridgehead atoms. The summed E-state index contributed by atoms with van der Waals surface area (Å²) >= 11 is 0. The van der Waals surface area contributed by atoms with Crippen molar-refractivity contribution in [1.29, 1.82) is 0 Å². The van der Waals surface area contributed by atoms with Crippen molar-refractivity contribution in [1.82, 2.24) is 0 Å². The minimum Gasteiger partial charge on any atom is -0.550 e. The maximum Gasteiger partial charge on any atom is 0.308 e.